The van der Waals surface area contributed by atoms with E-state index in [2.05, 4.69) is 104 Å². The van der Waals surface area contributed by atoms with Gasteiger partial charge in [-0.15, -0.1) is 0 Å². The third-order valence-electron chi connectivity index (χ3n) is 7.61. The van der Waals surface area contributed by atoms with E-state index >= 15 is 0 Å². The van der Waals surface area contributed by atoms with Gasteiger partial charge in [-0.05, 0) is 77.8 Å². The van der Waals surface area contributed by atoms with E-state index < -0.39 is 7.12 Å². The van der Waals surface area contributed by atoms with Crippen LogP contribution in [0.1, 0.15) is 27.7 Å². The maximum atomic E-state index is 6.55. The Kier molecular flexibility index (Phi) is 7.10. The molecule has 1 fully saturated rings. The summed E-state index contributed by atoms with van der Waals surface area (Å²) in [5.41, 5.74) is 9.26. The molecule has 40 heavy (non-hydrogen) atoms. The summed E-state index contributed by atoms with van der Waals surface area (Å²) in [5, 5.41) is 0. The highest BCUT2D eigenvalue weighted by atomic mass is 16.7. The fourth-order valence-corrected chi connectivity index (χ4v) is 5.68. The SMILES string of the molecule is CC(C)C1OB(c2ccc(-c3ccc(-c4ccccn4)cc3)cc2-c2ccc(-c3ccccn3)cc2)OC1(C)C. The van der Waals surface area contributed by atoms with Gasteiger partial charge in [0.15, 0.2) is 0 Å². The van der Waals surface area contributed by atoms with Crippen molar-refractivity contribution in [1.82, 2.24) is 9.97 Å². The fourth-order valence-electron chi connectivity index (χ4n) is 5.68. The summed E-state index contributed by atoms with van der Waals surface area (Å²) in [6, 6.07) is 35.7. The van der Waals surface area contributed by atoms with Crippen LogP contribution in [0.25, 0.3) is 44.8 Å². The molecule has 0 N–H and O–H groups in total. The van der Waals surface area contributed by atoms with Crippen molar-refractivity contribution in [1.29, 1.82) is 0 Å². The lowest BCUT2D eigenvalue weighted by molar-refractivity contribution is 0.0438. The van der Waals surface area contributed by atoms with Crippen LogP contribution in [0.15, 0.2) is 116 Å². The number of hydrogen-bond donors (Lipinski definition) is 0. The van der Waals surface area contributed by atoms with E-state index in [4.69, 9.17) is 9.31 Å². The van der Waals surface area contributed by atoms with Crippen molar-refractivity contribution in [2.45, 2.75) is 39.4 Å². The van der Waals surface area contributed by atoms with Crippen molar-refractivity contribution in [3.63, 3.8) is 0 Å². The summed E-state index contributed by atoms with van der Waals surface area (Å²) in [5.74, 6) is 0.345. The second-order valence-corrected chi connectivity index (χ2v) is 11.2. The van der Waals surface area contributed by atoms with Gasteiger partial charge in [0.25, 0.3) is 0 Å². The lowest BCUT2D eigenvalue weighted by Crippen LogP contribution is -2.37. The zero-order valence-corrected chi connectivity index (χ0v) is 23.4. The summed E-state index contributed by atoms with van der Waals surface area (Å²) in [4.78, 5) is 9.00. The van der Waals surface area contributed by atoms with Crippen molar-refractivity contribution in [2.24, 2.45) is 5.92 Å². The maximum absolute atomic E-state index is 6.55. The van der Waals surface area contributed by atoms with Gasteiger partial charge < -0.3 is 9.31 Å². The van der Waals surface area contributed by atoms with Gasteiger partial charge >= 0.3 is 7.12 Å². The monoisotopic (exact) mass is 524 g/mol. The van der Waals surface area contributed by atoms with Gasteiger partial charge in [0, 0.05) is 23.5 Å². The molecule has 0 saturated carbocycles. The van der Waals surface area contributed by atoms with Crippen molar-refractivity contribution in [3.05, 3.63) is 116 Å². The lowest BCUT2D eigenvalue weighted by Gasteiger charge is -2.28. The zero-order valence-electron chi connectivity index (χ0n) is 23.4. The van der Waals surface area contributed by atoms with E-state index in [1.807, 2.05) is 48.8 Å². The van der Waals surface area contributed by atoms with Gasteiger partial charge in [-0.1, -0.05) is 86.6 Å². The summed E-state index contributed by atoms with van der Waals surface area (Å²) in [6.45, 7) is 8.62. The highest BCUT2D eigenvalue weighted by Crippen LogP contribution is 2.35. The Balaban J connectivity index is 1.39. The molecule has 0 amide bonds. The third-order valence-corrected chi connectivity index (χ3v) is 7.61. The molecule has 0 spiro atoms. The zero-order chi connectivity index (χ0) is 27.7. The normalized spacial score (nSPS) is 16.4. The first kappa shape index (κ1) is 26.2. The van der Waals surface area contributed by atoms with Crippen LogP contribution >= 0.6 is 0 Å². The standard InChI is InChI=1S/C35H33BN2O2/c1-24(2)34-35(3,4)40-36(39-34)31-20-19-29(25-11-15-27(16-12-25)32-9-5-7-21-37-32)23-30(31)26-13-17-28(18-14-26)33-10-6-8-22-38-33/h5-24,34H,1-4H3. The molecule has 6 rings (SSSR count). The first-order valence-electron chi connectivity index (χ1n) is 13.9. The van der Waals surface area contributed by atoms with Crippen LogP contribution in [-0.4, -0.2) is 28.8 Å². The molecule has 1 unspecified atom stereocenters. The van der Waals surface area contributed by atoms with E-state index in [1.54, 1.807) is 0 Å². The molecule has 5 aromatic rings. The fraction of sp³-hybridized carbons (Fsp3) is 0.200. The predicted molar refractivity (Wildman–Crippen MR) is 164 cm³/mol. The highest BCUT2D eigenvalue weighted by molar-refractivity contribution is 6.63. The van der Waals surface area contributed by atoms with Gasteiger partial charge in [0.05, 0.1) is 23.1 Å². The van der Waals surface area contributed by atoms with Crippen molar-refractivity contribution in [3.8, 4) is 44.8 Å². The smallest absolute Gasteiger partial charge is 0.401 e. The minimum atomic E-state index is -0.437. The average Bonchev–Trinajstić information content (AvgIpc) is 3.33. The lowest BCUT2D eigenvalue weighted by atomic mass is 9.73. The molecule has 1 aliphatic heterocycles. The number of benzene rings is 3. The first-order valence-corrected chi connectivity index (χ1v) is 13.9. The van der Waals surface area contributed by atoms with Gasteiger partial charge in [-0.3, -0.25) is 9.97 Å². The molecule has 2 aromatic heterocycles. The summed E-state index contributed by atoms with van der Waals surface area (Å²) in [6.07, 6.45) is 3.66. The van der Waals surface area contributed by atoms with E-state index in [0.717, 1.165) is 50.2 Å². The maximum Gasteiger partial charge on any atom is 0.495 e. The third kappa shape index (κ3) is 5.23. The number of hydrogen-bond acceptors (Lipinski definition) is 4. The average molecular weight is 524 g/mol. The van der Waals surface area contributed by atoms with Crippen molar-refractivity contribution in [2.75, 3.05) is 0 Å². The van der Waals surface area contributed by atoms with Crippen LogP contribution in [0.5, 0.6) is 0 Å². The second-order valence-electron chi connectivity index (χ2n) is 11.2. The molecule has 4 nitrogen and oxygen atoms in total. The van der Waals surface area contributed by atoms with Gasteiger partial charge in [0.1, 0.15) is 0 Å². The molecule has 1 aliphatic rings. The van der Waals surface area contributed by atoms with Gasteiger partial charge in [0.2, 0.25) is 0 Å². The van der Waals surface area contributed by atoms with Crippen LogP contribution in [0.2, 0.25) is 0 Å². The molecule has 0 radical (unpaired) electrons. The first-order chi connectivity index (χ1) is 19.4. The molecular formula is C35H33BN2O2. The van der Waals surface area contributed by atoms with E-state index in [-0.39, 0.29) is 11.7 Å². The largest absolute Gasteiger partial charge is 0.495 e. The van der Waals surface area contributed by atoms with Crippen LogP contribution in [0.4, 0.5) is 0 Å². The highest BCUT2D eigenvalue weighted by Gasteiger charge is 2.48. The summed E-state index contributed by atoms with van der Waals surface area (Å²) >= 11 is 0. The van der Waals surface area contributed by atoms with Crippen LogP contribution < -0.4 is 5.46 Å². The number of nitrogens with zero attached hydrogens (tertiary/aromatic N) is 2. The predicted octanol–water partition coefficient (Wildman–Crippen LogP) is 7.69. The quantitative estimate of drug-likeness (QED) is 0.214. The second kappa shape index (κ2) is 10.8. The number of aromatic nitrogens is 2. The van der Waals surface area contributed by atoms with Gasteiger partial charge in [-0.2, -0.15) is 0 Å². The topological polar surface area (TPSA) is 44.2 Å². The van der Waals surface area contributed by atoms with Gasteiger partial charge in [-0.25, -0.2) is 0 Å². The molecule has 1 saturated heterocycles. The van der Waals surface area contributed by atoms with E-state index in [9.17, 15) is 0 Å². The number of pyridine rings is 2. The molecule has 198 valence electrons. The summed E-state index contributed by atoms with van der Waals surface area (Å²) in [7, 11) is -0.437. The van der Waals surface area contributed by atoms with Crippen molar-refractivity contribution < 1.29 is 9.31 Å². The van der Waals surface area contributed by atoms with Crippen LogP contribution in [0.3, 0.4) is 0 Å². The molecule has 3 aromatic carbocycles. The summed E-state index contributed by atoms with van der Waals surface area (Å²) < 4.78 is 13.1. The molecular weight excluding hydrogens is 491 g/mol. The Bertz CT molecular complexity index is 1590. The Hall–Kier alpha value is -4.06. The number of rotatable bonds is 6. The molecule has 1 atom stereocenters. The Morgan fingerprint density at radius 3 is 1.68 bits per heavy atom. The Labute approximate surface area is 237 Å². The van der Waals surface area contributed by atoms with Crippen molar-refractivity contribution >= 4 is 12.6 Å². The minimum absolute atomic E-state index is 0.00991. The molecule has 5 heteroatoms. The van der Waals surface area contributed by atoms with Crippen LogP contribution in [0, 0.1) is 5.92 Å². The molecule has 3 heterocycles. The molecule has 0 aliphatic carbocycles. The van der Waals surface area contributed by atoms with E-state index in [1.165, 1.54) is 0 Å². The van der Waals surface area contributed by atoms with Crippen LogP contribution in [-0.2, 0) is 9.31 Å². The van der Waals surface area contributed by atoms with E-state index in [0.29, 0.717) is 5.92 Å². The Morgan fingerprint density at radius 1 is 0.650 bits per heavy atom. The minimum Gasteiger partial charge on any atom is -0.401 e. The Morgan fingerprint density at radius 2 is 1.18 bits per heavy atom. The molecule has 0 bridgehead atoms.